The first-order valence-electron chi connectivity index (χ1n) is 8.00. The normalized spacial score (nSPS) is 13.8. The number of nitrogens with one attached hydrogen (secondary N) is 2. The summed E-state index contributed by atoms with van der Waals surface area (Å²) in [6.45, 7) is 11.5. The summed E-state index contributed by atoms with van der Waals surface area (Å²) < 4.78 is 0. The number of hydrogen-bond donors (Lipinski definition) is 3. The Kier molecular flexibility index (Phi) is 6.89. The third-order valence-electron chi connectivity index (χ3n) is 3.87. The van der Waals surface area contributed by atoms with Gasteiger partial charge in [-0.1, -0.05) is 13.8 Å². The first-order valence-corrected chi connectivity index (χ1v) is 8.00. The van der Waals surface area contributed by atoms with E-state index >= 15 is 0 Å². The molecular weight excluding hydrogens is 264 g/mol. The molecule has 1 aromatic rings. The lowest BCUT2D eigenvalue weighted by Crippen LogP contribution is -2.36. The lowest BCUT2D eigenvalue weighted by molar-refractivity contribution is 0.251. The molecule has 0 saturated carbocycles. The molecule has 1 aromatic heterocycles. The summed E-state index contributed by atoms with van der Waals surface area (Å²) in [5, 5.41) is 16.1. The Morgan fingerprint density at radius 3 is 2.33 bits per heavy atom. The predicted octanol–water partition coefficient (Wildman–Crippen LogP) is 3.13. The number of aliphatic hydroxyl groups is 1. The summed E-state index contributed by atoms with van der Waals surface area (Å²) in [7, 11) is 0. The van der Waals surface area contributed by atoms with E-state index in [1.807, 2.05) is 6.92 Å². The van der Waals surface area contributed by atoms with Gasteiger partial charge in [0.05, 0.1) is 0 Å². The van der Waals surface area contributed by atoms with E-state index in [9.17, 15) is 5.11 Å². The molecule has 0 aliphatic carbocycles. The molecule has 0 radical (unpaired) electrons. The van der Waals surface area contributed by atoms with Crippen LogP contribution in [-0.2, 0) is 6.42 Å². The fourth-order valence-electron chi connectivity index (χ4n) is 2.22. The second kappa shape index (κ2) is 8.17. The number of rotatable bonds is 9. The van der Waals surface area contributed by atoms with Gasteiger partial charge < -0.3 is 15.7 Å². The third-order valence-corrected chi connectivity index (χ3v) is 3.87. The van der Waals surface area contributed by atoms with Gasteiger partial charge in [0.25, 0.3) is 0 Å². The van der Waals surface area contributed by atoms with Crippen molar-refractivity contribution in [2.45, 2.75) is 65.8 Å². The molecule has 0 spiro atoms. The second-order valence-corrected chi connectivity index (χ2v) is 5.76. The minimum Gasteiger partial charge on any atom is -0.396 e. The van der Waals surface area contributed by atoms with Gasteiger partial charge in [-0.25, -0.2) is 9.97 Å². The number of anilines is 2. The molecule has 0 aromatic carbocycles. The van der Waals surface area contributed by atoms with Gasteiger partial charge in [0.2, 0.25) is 0 Å². The minimum absolute atomic E-state index is 0.152. The van der Waals surface area contributed by atoms with Gasteiger partial charge in [0, 0.05) is 30.7 Å². The van der Waals surface area contributed by atoms with Crippen LogP contribution in [0.25, 0.3) is 0 Å². The number of aliphatic hydroxyl groups excluding tert-OH is 1. The van der Waals surface area contributed by atoms with Gasteiger partial charge >= 0.3 is 0 Å². The largest absolute Gasteiger partial charge is 0.396 e. The average Bonchev–Trinajstić information content (AvgIpc) is 2.44. The van der Waals surface area contributed by atoms with Crippen molar-refractivity contribution in [2.24, 2.45) is 0 Å². The standard InChI is InChI=1S/C16H30N4O/c1-6-9-13-18-14(17-8-3)12(4)15(19-13)20-16(5,7-2)10-11-21/h21H,6-11H2,1-5H3,(H2,17,18,19,20). The highest BCUT2D eigenvalue weighted by Crippen LogP contribution is 2.26. The van der Waals surface area contributed by atoms with E-state index in [0.29, 0.717) is 6.42 Å². The number of nitrogens with zero attached hydrogens (tertiary/aromatic N) is 2. The maximum atomic E-state index is 9.27. The molecule has 0 amide bonds. The zero-order valence-electron chi connectivity index (χ0n) is 14.1. The second-order valence-electron chi connectivity index (χ2n) is 5.76. The monoisotopic (exact) mass is 294 g/mol. The Bertz CT molecular complexity index is 450. The van der Waals surface area contributed by atoms with Gasteiger partial charge in [-0.15, -0.1) is 0 Å². The summed E-state index contributed by atoms with van der Waals surface area (Å²) in [6, 6.07) is 0. The van der Waals surface area contributed by atoms with Crippen molar-refractivity contribution in [1.82, 2.24) is 9.97 Å². The van der Waals surface area contributed by atoms with Crippen LogP contribution in [0.3, 0.4) is 0 Å². The van der Waals surface area contributed by atoms with Crippen molar-refractivity contribution in [2.75, 3.05) is 23.8 Å². The fourth-order valence-corrected chi connectivity index (χ4v) is 2.22. The highest BCUT2D eigenvalue weighted by Gasteiger charge is 2.23. The zero-order chi connectivity index (χ0) is 15.9. The molecule has 5 nitrogen and oxygen atoms in total. The van der Waals surface area contributed by atoms with Gasteiger partial charge in [-0.05, 0) is 40.0 Å². The van der Waals surface area contributed by atoms with Crippen molar-refractivity contribution in [3.05, 3.63) is 11.4 Å². The molecule has 0 aliphatic rings. The first-order chi connectivity index (χ1) is 9.99. The van der Waals surface area contributed by atoms with Crippen LogP contribution < -0.4 is 10.6 Å². The summed E-state index contributed by atoms with van der Waals surface area (Å²) >= 11 is 0. The van der Waals surface area contributed by atoms with Crippen LogP contribution in [0.2, 0.25) is 0 Å². The molecule has 5 heteroatoms. The van der Waals surface area contributed by atoms with Crippen LogP contribution in [0.15, 0.2) is 0 Å². The lowest BCUT2D eigenvalue weighted by Gasteiger charge is -2.30. The molecule has 120 valence electrons. The topological polar surface area (TPSA) is 70.1 Å². The zero-order valence-corrected chi connectivity index (χ0v) is 14.1. The Morgan fingerprint density at radius 1 is 1.14 bits per heavy atom. The first kappa shape index (κ1) is 17.7. The van der Waals surface area contributed by atoms with Crippen LogP contribution in [0.4, 0.5) is 11.6 Å². The fraction of sp³-hybridized carbons (Fsp3) is 0.750. The van der Waals surface area contributed by atoms with Gasteiger partial charge in [-0.3, -0.25) is 0 Å². The van der Waals surface area contributed by atoms with Gasteiger partial charge in [0.1, 0.15) is 17.5 Å². The highest BCUT2D eigenvalue weighted by molar-refractivity contribution is 5.58. The van der Waals surface area contributed by atoms with Gasteiger partial charge in [0.15, 0.2) is 0 Å². The van der Waals surface area contributed by atoms with Crippen molar-refractivity contribution in [3.63, 3.8) is 0 Å². The van der Waals surface area contributed by atoms with Crippen LogP contribution in [0.1, 0.15) is 58.3 Å². The third kappa shape index (κ3) is 4.84. The SMILES string of the molecule is CCCc1nc(NCC)c(C)c(NC(C)(CC)CCO)n1. The maximum Gasteiger partial charge on any atom is 0.135 e. The Labute approximate surface area is 128 Å². The summed E-state index contributed by atoms with van der Waals surface area (Å²) in [5.41, 5.74) is 0.884. The summed E-state index contributed by atoms with van der Waals surface area (Å²) in [4.78, 5) is 9.28. The molecule has 0 saturated heterocycles. The molecule has 3 N–H and O–H groups in total. The summed E-state index contributed by atoms with van der Waals surface area (Å²) in [6.07, 6.45) is 3.52. The van der Waals surface area contributed by atoms with E-state index in [4.69, 9.17) is 0 Å². The van der Waals surface area contributed by atoms with Crippen LogP contribution in [0, 0.1) is 6.92 Å². The van der Waals surface area contributed by atoms with E-state index < -0.39 is 0 Å². The van der Waals surface area contributed by atoms with Crippen molar-refractivity contribution >= 4 is 11.6 Å². The number of aromatic nitrogens is 2. The van der Waals surface area contributed by atoms with Crippen molar-refractivity contribution < 1.29 is 5.11 Å². The maximum absolute atomic E-state index is 9.27. The van der Waals surface area contributed by atoms with Crippen molar-refractivity contribution in [3.8, 4) is 0 Å². The quantitative estimate of drug-likeness (QED) is 0.653. The van der Waals surface area contributed by atoms with E-state index in [0.717, 1.165) is 48.8 Å². The Morgan fingerprint density at radius 2 is 1.81 bits per heavy atom. The van der Waals surface area contributed by atoms with Crippen LogP contribution >= 0.6 is 0 Å². The molecule has 0 aliphatic heterocycles. The molecule has 0 fully saturated rings. The van der Waals surface area contributed by atoms with Crippen molar-refractivity contribution in [1.29, 1.82) is 0 Å². The number of hydrogen-bond acceptors (Lipinski definition) is 5. The molecule has 1 rings (SSSR count). The molecule has 21 heavy (non-hydrogen) atoms. The molecule has 1 heterocycles. The van der Waals surface area contributed by atoms with Crippen LogP contribution in [0.5, 0.6) is 0 Å². The average molecular weight is 294 g/mol. The van der Waals surface area contributed by atoms with Gasteiger partial charge in [-0.2, -0.15) is 0 Å². The predicted molar refractivity (Wildman–Crippen MR) is 88.9 cm³/mol. The molecule has 1 atom stereocenters. The Hall–Kier alpha value is -1.36. The van der Waals surface area contributed by atoms with E-state index in [2.05, 4.69) is 48.3 Å². The Balaban J connectivity index is 3.13. The highest BCUT2D eigenvalue weighted by atomic mass is 16.3. The molecule has 0 bridgehead atoms. The lowest BCUT2D eigenvalue weighted by atomic mass is 9.94. The summed E-state index contributed by atoms with van der Waals surface area (Å²) in [5.74, 6) is 2.65. The number of aryl methyl sites for hydroxylation is 1. The van der Waals surface area contributed by atoms with E-state index in [-0.39, 0.29) is 12.1 Å². The minimum atomic E-state index is -0.152. The van der Waals surface area contributed by atoms with Crippen LogP contribution in [-0.4, -0.2) is 33.8 Å². The smallest absolute Gasteiger partial charge is 0.135 e. The van der Waals surface area contributed by atoms with E-state index in [1.54, 1.807) is 0 Å². The molecule has 1 unspecified atom stereocenters. The molecular formula is C16H30N4O. The van der Waals surface area contributed by atoms with E-state index in [1.165, 1.54) is 0 Å².